The van der Waals surface area contributed by atoms with Gasteiger partial charge in [0, 0.05) is 0 Å². The molecule has 0 saturated carbocycles. The van der Waals surface area contributed by atoms with Crippen molar-refractivity contribution in [2.24, 2.45) is 0 Å². The summed E-state index contributed by atoms with van der Waals surface area (Å²) < 4.78 is 5.84. The van der Waals surface area contributed by atoms with Crippen molar-refractivity contribution >= 4 is 28.4 Å². The zero-order valence-corrected chi connectivity index (χ0v) is 9.45. The van der Waals surface area contributed by atoms with Crippen LogP contribution in [0, 0.1) is 3.57 Å². The SMILES string of the molecule is COc1c(I)ccc(O)c1C(C)=O. The van der Waals surface area contributed by atoms with Crippen LogP contribution in [0.5, 0.6) is 11.5 Å². The first kappa shape index (κ1) is 10.3. The van der Waals surface area contributed by atoms with E-state index in [2.05, 4.69) is 0 Å². The van der Waals surface area contributed by atoms with Gasteiger partial charge in [-0.05, 0) is 41.6 Å². The van der Waals surface area contributed by atoms with Crippen LogP contribution >= 0.6 is 22.6 Å². The molecule has 1 aromatic rings. The molecule has 0 radical (unpaired) electrons. The number of aromatic hydroxyl groups is 1. The van der Waals surface area contributed by atoms with Crippen LogP contribution in [0.1, 0.15) is 17.3 Å². The molecule has 0 atom stereocenters. The Labute approximate surface area is 89.9 Å². The van der Waals surface area contributed by atoms with Crippen molar-refractivity contribution < 1.29 is 14.6 Å². The standard InChI is InChI=1S/C9H9IO3/c1-5(11)8-7(12)4-3-6(10)9(8)13-2/h3-4,12H,1-2H3. The molecule has 1 aromatic carbocycles. The number of methoxy groups -OCH3 is 1. The Kier molecular flexibility index (Phi) is 3.13. The van der Waals surface area contributed by atoms with Gasteiger partial charge in [-0.3, -0.25) is 4.79 Å². The Morgan fingerprint density at radius 2 is 2.15 bits per heavy atom. The third-order valence-corrected chi connectivity index (χ3v) is 2.49. The van der Waals surface area contributed by atoms with Gasteiger partial charge in [0.15, 0.2) is 5.78 Å². The molecule has 1 rings (SSSR count). The summed E-state index contributed by atoms with van der Waals surface area (Å²) >= 11 is 2.05. The van der Waals surface area contributed by atoms with E-state index in [0.29, 0.717) is 5.75 Å². The molecule has 0 spiro atoms. The van der Waals surface area contributed by atoms with Crippen molar-refractivity contribution in [3.05, 3.63) is 21.3 Å². The van der Waals surface area contributed by atoms with Gasteiger partial charge in [-0.2, -0.15) is 0 Å². The van der Waals surface area contributed by atoms with Crippen LogP contribution in [0.2, 0.25) is 0 Å². The summed E-state index contributed by atoms with van der Waals surface area (Å²) in [6, 6.07) is 3.18. The van der Waals surface area contributed by atoms with E-state index in [-0.39, 0.29) is 17.1 Å². The number of phenolic OH excluding ortho intramolecular Hbond substituents is 1. The molecule has 0 fully saturated rings. The Morgan fingerprint density at radius 3 is 2.54 bits per heavy atom. The smallest absolute Gasteiger partial charge is 0.167 e. The van der Waals surface area contributed by atoms with Crippen LogP contribution in [0.15, 0.2) is 12.1 Å². The molecule has 0 bridgehead atoms. The zero-order valence-electron chi connectivity index (χ0n) is 7.30. The second-order valence-electron chi connectivity index (χ2n) is 2.53. The van der Waals surface area contributed by atoms with Crippen molar-refractivity contribution in [2.45, 2.75) is 6.92 Å². The summed E-state index contributed by atoms with van der Waals surface area (Å²) in [5.41, 5.74) is 0.245. The lowest BCUT2D eigenvalue weighted by molar-refractivity contribution is 0.101. The number of Topliss-reactive ketones (excluding diaryl/α,β-unsaturated/α-hetero) is 1. The van der Waals surface area contributed by atoms with Gasteiger partial charge in [0.2, 0.25) is 0 Å². The number of halogens is 1. The summed E-state index contributed by atoms with van der Waals surface area (Å²) in [4.78, 5) is 11.2. The molecule has 0 aliphatic heterocycles. The van der Waals surface area contributed by atoms with Gasteiger partial charge in [0.1, 0.15) is 17.1 Å². The van der Waals surface area contributed by atoms with Crippen molar-refractivity contribution in [3.8, 4) is 11.5 Å². The first-order valence-electron chi connectivity index (χ1n) is 3.64. The fourth-order valence-corrected chi connectivity index (χ4v) is 1.76. The van der Waals surface area contributed by atoms with E-state index in [1.165, 1.54) is 20.1 Å². The minimum absolute atomic E-state index is 0.0373. The van der Waals surface area contributed by atoms with Gasteiger partial charge in [0.05, 0.1) is 10.7 Å². The van der Waals surface area contributed by atoms with Crippen LogP contribution in [0.3, 0.4) is 0 Å². The topological polar surface area (TPSA) is 46.5 Å². The van der Waals surface area contributed by atoms with E-state index in [9.17, 15) is 9.90 Å². The summed E-state index contributed by atoms with van der Waals surface area (Å²) in [5, 5.41) is 9.41. The largest absolute Gasteiger partial charge is 0.507 e. The highest BCUT2D eigenvalue weighted by atomic mass is 127. The molecule has 0 saturated heterocycles. The van der Waals surface area contributed by atoms with Gasteiger partial charge in [-0.15, -0.1) is 0 Å². The second kappa shape index (κ2) is 3.95. The molecule has 0 heterocycles. The van der Waals surface area contributed by atoms with E-state index in [4.69, 9.17) is 4.74 Å². The molecule has 0 aromatic heterocycles. The third kappa shape index (κ3) is 1.93. The molecular weight excluding hydrogens is 283 g/mol. The summed E-state index contributed by atoms with van der Waals surface area (Å²) in [6.07, 6.45) is 0. The second-order valence-corrected chi connectivity index (χ2v) is 3.69. The number of carbonyl (C=O) groups is 1. The van der Waals surface area contributed by atoms with Crippen molar-refractivity contribution in [1.82, 2.24) is 0 Å². The van der Waals surface area contributed by atoms with Gasteiger partial charge in [-0.1, -0.05) is 0 Å². The van der Waals surface area contributed by atoms with E-state index in [0.717, 1.165) is 3.57 Å². The first-order valence-corrected chi connectivity index (χ1v) is 4.72. The number of ether oxygens (including phenoxy) is 1. The fourth-order valence-electron chi connectivity index (χ4n) is 1.09. The number of hydrogen-bond acceptors (Lipinski definition) is 3. The van der Waals surface area contributed by atoms with E-state index < -0.39 is 0 Å². The number of phenols is 1. The lowest BCUT2D eigenvalue weighted by atomic mass is 10.1. The van der Waals surface area contributed by atoms with Crippen LogP contribution < -0.4 is 4.74 Å². The highest BCUT2D eigenvalue weighted by molar-refractivity contribution is 14.1. The van der Waals surface area contributed by atoms with Crippen LogP contribution in [0.4, 0.5) is 0 Å². The Bertz CT molecular complexity index is 347. The maximum absolute atomic E-state index is 11.2. The maximum atomic E-state index is 11.2. The maximum Gasteiger partial charge on any atom is 0.167 e. The number of hydrogen-bond donors (Lipinski definition) is 1. The summed E-state index contributed by atoms with van der Waals surface area (Å²) in [5.74, 6) is 0.200. The molecule has 0 amide bonds. The van der Waals surface area contributed by atoms with E-state index >= 15 is 0 Å². The van der Waals surface area contributed by atoms with E-state index in [1.807, 2.05) is 22.6 Å². The summed E-state index contributed by atoms with van der Waals surface area (Å²) in [7, 11) is 1.48. The third-order valence-electron chi connectivity index (χ3n) is 1.64. The van der Waals surface area contributed by atoms with Crippen LogP contribution in [0.25, 0.3) is 0 Å². The molecular formula is C9H9IO3. The predicted octanol–water partition coefficient (Wildman–Crippen LogP) is 2.21. The van der Waals surface area contributed by atoms with Crippen LogP contribution in [-0.2, 0) is 0 Å². The number of carbonyl (C=O) groups excluding carboxylic acids is 1. The fraction of sp³-hybridized carbons (Fsp3) is 0.222. The molecule has 70 valence electrons. The molecule has 13 heavy (non-hydrogen) atoms. The number of benzene rings is 1. The Hall–Kier alpha value is -0.780. The number of ketones is 1. The molecule has 3 nitrogen and oxygen atoms in total. The Balaban J connectivity index is 3.43. The molecule has 0 aliphatic rings. The lowest BCUT2D eigenvalue weighted by Gasteiger charge is -2.09. The summed E-state index contributed by atoms with van der Waals surface area (Å²) in [6.45, 7) is 1.40. The lowest BCUT2D eigenvalue weighted by Crippen LogP contribution is -1.99. The minimum Gasteiger partial charge on any atom is -0.507 e. The highest BCUT2D eigenvalue weighted by Crippen LogP contribution is 2.32. The minimum atomic E-state index is -0.201. The van der Waals surface area contributed by atoms with Gasteiger partial charge in [0.25, 0.3) is 0 Å². The van der Waals surface area contributed by atoms with Crippen molar-refractivity contribution in [2.75, 3.05) is 7.11 Å². The monoisotopic (exact) mass is 292 g/mol. The Morgan fingerprint density at radius 1 is 1.54 bits per heavy atom. The van der Waals surface area contributed by atoms with Gasteiger partial charge < -0.3 is 9.84 Å². The van der Waals surface area contributed by atoms with Crippen molar-refractivity contribution in [3.63, 3.8) is 0 Å². The molecule has 0 unspecified atom stereocenters. The zero-order chi connectivity index (χ0) is 10.0. The molecule has 0 aliphatic carbocycles. The predicted molar refractivity (Wildman–Crippen MR) is 57.4 cm³/mol. The average molecular weight is 292 g/mol. The van der Waals surface area contributed by atoms with Crippen molar-refractivity contribution in [1.29, 1.82) is 0 Å². The van der Waals surface area contributed by atoms with Gasteiger partial charge >= 0.3 is 0 Å². The van der Waals surface area contributed by atoms with Crippen LogP contribution in [-0.4, -0.2) is 18.0 Å². The quantitative estimate of drug-likeness (QED) is 0.671. The average Bonchev–Trinajstić information content (AvgIpc) is 2.07. The van der Waals surface area contributed by atoms with E-state index in [1.54, 1.807) is 6.07 Å². The molecule has 4 heteroatoms. The number of rotatable bonds is 2. The highest BCUT2D eigenvalue weighted by Gasteiger charge is 2.15. The molecule has 1 N–H and O–H groups in total. The first-order chi connectivity index (χ1) is 6.07. The normalized spacial score (nSPS) is 9.77. The van der Waals surface area contributed by atoms with Gasteiger partial charge in [-0.25, -0.2) is 0 Å².